The summed E-state index contributed by atoms with van der Waals surface area (Å²) in [7, 11) is 0. The van der Waals surface area contributed by atoms with Gasteiger partial charge in [0.25, 0.3) is 0 Å². The number of nitrogens with zero attached hydrogens (tertiary/aromatic N) is 1. The first-order valence-electron chi connectivity index (χ1n) is 8.35. The van der Waals surface area contributed by atoms with E-state index in [0.717, 1.165) is 17.7 Å². The Hall–Kier alpha value is -2.24. The van der Waals surface area contributed by atoms with Crippen LogP contribution in [0.25, 0.3) is 0 Å². The van der Waals surface area contributed by atoms with Gasteiger partial charge in [-0.25, -0.2) is 0 Å². The summed E-state index contributed by atoms with van der Waals surface area (Å²) in [5.41, 5.74) is 1.26. The normalized spacial score (nSPS) is 23.6. The highest BCUT2D eigenvalue weighted by Crippen LogP contribution is 2.31. The van der Waals surface area contributed by atoms with E-state index in [4.69, 9.17) is 0 Å². The number of benzene rings is 1. The van der Waals surface area contributed by atoms with E-state index in [2.05, 4.69) is 15.6 Å². The molecule has 0 unspecified atom stereocenters. The van der Waals surface area contributed by atoms with Crippen LogP contribution in [0.15, 0.2) is 54.9 Å². The molecule has 5 nitrogen and oxygen atoms in total. The minimum atomic E-state index is -0.724. The first kappa shape index (κ1) is 16.6. The van der Waals surface area contributed by atoms with E-state index < -0.39 is 11.6 Å². The number of aromatic nitrogens is 1. The number of aryl methyl sites for hydroxylation is 1. The zero-order chi connectivity index (χ0) is 16.8. The zero-order valence-corrected chi connectivity index (χ0v) is 13.6. The van der Waals surface area contributed by atoms with Gasteiger partial charge in [0.1, 0.15) is 0 Å². The Bertz CT molecular complexity index is 663. The third-order valence-electron chi connectivity index (χ3n) is 4.62. The number of nitrogens with one attached hydrogen (secondary N) is 2. The van der Waals surface area contributed by atoms with Gasteiger partial charge in [0.15, 0.2) is 0 Å². The molecule has 1 amide bonds. The Kier molecular flexibility index (Phi) is 5.23. The summed E-state index contributed by atoms with van der Waals surface area (Å²) < 4.78 is 0. The topological polar surface area (TPSA) is 74.2 Å². The SMILES string of the molecule is O=C(CCc1cccnc1)N[C@]1(c2ccccc2)CCNC[C@H]1O. The monoisotopic (exact) mass is 325 g/mol. The third kappa shape index (κ3) is 3.63. The van der Waals surface area contributed by atoms with E-state index in [-0.39, 0.29) is 5.91 Å². The van der Waals surface area contributed by atoms with Gasteiger partial charge in [-0.2, -0.15) is 0 Å². The predicted octanol–water partition coefficient (Wildman–Crippen LogP) is 1.38. The number of amides is 1. The lowest BCUT2D eigenvalue weighted by Gasteiger charge is -2.43. The van der Waals surface area contributed by atoms with Gasteiger partial charge in [-0.05, 0) is 36.6 Å². The van der Waals surface area contributed by atoms with Crippen LogP contribution in [0.3, 0.4) is 0 Å². The second-order valence-electron chi connectivity index (χ2n) is 6.22. The average Bonchev–Trinajstić information content (AvgIpc) is 2.64. The van der Waals surface area contributed by atoms with Crippen molar-refractivity contribution in [3.05, 3.63) is 66.0 Å². The van der Waals surface area contributed by atoms with Gasteiger partial charge in [0.05, 0.1) is 11.6 Å². The summed E-state index contributed by atoms with van der Waals surface area (Å²) in [5, 5.41) is 16.9. The number of piperidine rings is 1. The molecule has 1 aliphatic rings. The molecule has 24 heavy (non-hydrogen) atoms. The van der Waals surface area contributed by atoms with E-state index in [1.165, 1.54) is 0 Å². The summed E-state index contributed by atoms with van der Waals surface area (Å²) in [5.74, 6) is -0.0522. The molecule has 1 saturated heterocycles. The first-order valence-corrected chi connectivity index (χ1v) is 8.35. The van der Waals surface area contributed by atoms with Crippen molar-refractivity contribution in [2.45, 2.75) is 30.9 Å². The van der Waals surface area contributed by atoms with Crippen LogP contribution < -0.4 is 10.6 Å². The van der Waals surface area contributed by atoms with Crippen LogP contribution in [-0.4, -0.2) is 35.2 Å². The maximum Gasteiger partial charge on any atom is 0.221 e. The molecule has 0 saturated carbocycles. The van der Waals surface area contributed by atoms with Crippen molar-refractivity contribution in [3.63, 3.8) is 0 Å². The van der Waals surface area contributed by atoms with Gasteiger partial charge in [-0.1, -0.05) is 36.4 Å². The van der Waals surface area contributed by atoms with Crippen LogP contribution in [-0.2, 0) is 16.8 Å². The number of aliphatic hydroxyl groups is 1. The van der Waals surface area contributed by atoms with Gasteiger partial charge >= 0.3 is 0 Å². The summed E-state index contributed by atoms with van der Waals surface area (Å²) >= 11 is 0. The smallest absolute Gasteiger partial charge is 0.221 e. The molecule has 1 aromatic carbocycles. The lowest BCUT2D eigenvalue weighted by atomic mass is 9.79. The minimum Gasteiger partial charge on any atom is -0.389 e. The fraction of sp³-hybridized carbons (Fsp3) is 0.368. The number of hydrogen-bond donors (Lipinski definition) is 3. The third-order valence-corrected chi connectivity index (χ3v) is 4.62. The van der Waals surface area contributed by atoms with Crippen molar-refractivity contribution in [1.82, 2.24) is 15.6 Å². The molecule has 0 aliphatic carbocycles. The van der Waals surface area contributed by atoms with Crippen molar-refractivity contribution in [1.29, 1.82) is 0 Å². The molecule has 1 aromatic heterocycles. The maximum atomic E-state index is 12.5. The van der Waals surface area contributed by atoms with E-state index in [0.29, 0.717) is 25.8 Å². The largest absolute Gasteiger partial charge is 0.389 e. The van der Waals surface area contributed by atoms with Crippen molar-refractivity contribution in [2.24, 2.45) is 0 Å². The van der Waals surface area contributed by atoms with Crippen molar-refractivity contribution >= 4 is 5.91 Å². The number of hydrogen-bond acceptors (Lipinski definition) is 4. The summed E-state index contributed by atoms with van der Waals surface area (Å²) in [4.78, 5) is 16.6. The second kappa shape index (κ2) is 7.55. The van der Waals surface area contributed by atoms with Gasteiger partial charge in [0, 0.05) is 25.4 Å². The second-order valence-corrected chi connectivity index (χ2v) is 6.22. The fourth-order valence-corrected chi connectivity index (χ4v) is 3.27. The number of aliphatic hydroxyl groups excluding tert-OH is 1. The molecule has 1 fully saturated rings. The van der Waals surface area contributed by atoms with Crippen LogP contribution in [0.4, 0.5) is 0 Å². The molecule has 0 radical (unpaired) electrons. The fourth-order valence-electron chi connectivity index (χ4n) is 3.27. The van der Waals surface area contributed by atoms with Crippen molar-refractivity contribution in [2.75, 3.05) is 13.1 Å². The summed E-state index contributed by atoms with van der Waals surface area (Å²) in [6.07, 6.45) is 4.52. The highest BCUT2D eigenvalue weighted by atomic mass is 16.3. The standard InChI is InChI=1S/C19H23N3O2/c23-17-14-21-12-10-19(17,16-6-2-1-3-7-16)22-18(24)9-8-15-5-4-11-20-13-15/h1-7,11,13,17,21,23H,8-10,12,14H2,(H,22,24)/t17-,19+/m1/s1. The molecule has 2 atom stereocenters. The number of pyridine rings is 1. The van der Waals surface area contributed by atoms with Crippen LogP contribution in [0.1, 0.15) is 24.0 Å². The first-order chi connectivity index (χ1) is 11.7. The molecular formula is C19H23N3O2. The van der Waals surface area contributed by atoms with Crippen LogP contribution >= 0.6 is 0 Å². The molecule has 3 N–H and O–H groups in total. The summed E-state index contributed by atoms with van der Waals surface area (Å²) in [6.45, 7) is 1.23. The Morgan fingerprint density at radius 3 is 2.83 bits per heavy atom. The van der Waals surface area contributed by atoms with Crippen LogP contribution in [0, 0.1) is 0 Å². The Morgan fingerprint density at radius 1 is 1.29 bits per heavy atom. The van der Waals surface area contributed by atoms with E-state index in [1.807, 2.05) is 42.5 Å². The predicted molar refractivity (Wildman–Crippen MR) is 92.3 cm³/mol. The molecule has 1 aliphatic heterocycles. The molecular weight excluding hydrogens is 302 g/mol. The van der Waals surface area contributed by atoms with Gasteiger partial charge < -0.3 is 15.7 Å². The Balaban J connectivity index is 1.73. The lowest BCUT2D eigenvalue weighted by molar-refractivity contribution is -0.125. The van der Waals surface area contributed by atoms with E-state index in [1.54, 1.807) is 12.4 Å². The van der Waals surface area contributed by atoms with Crippen molar-refractivity contribution < 1.29 is 9.90 Å². The van der Waals surface area contributed by atoms with Crippen molar-refractivity contribution in [3.8, 4) is 0 Å². The van der Waals surface area contributed by atoms with Gasteiger partial charge in [0.2, 0.25) is 5.91 Å². The number of carbonyl (C=O) groups is 1. The summed E-state index contributed by atoms with van der Waals surface area (Å²) in [6, 6.07) is 13.6. The minimum absolute atomic E-state index is 0.0522. The molecule has 2 aromatic rings. The number of carbonyl (C=O) groups excluding carboxylic acids is 1. The number of β-amino-alcohol motifs (C(OH)–C–C–N with tert-alkyl or cyclic N) is 1. The molecule has 5 heteroatoms. The quantitative estimate of drug-likeness (QED) is 0.776. The number of rotatable bonds is 5. The maximum absolute atomic E-state index is 12.5. The molecule has 3 rings (SSSR count). The Labute approximate surface area is 142 Å². The van der Waals surface area contributed by atoms with Gasteiger partial charge in [-0.15, -0.1) is 0 Å². The molecule has 2 heterocycles. The average molecular weight is 325 g/mol. The Morgan fingerprint density at radius 2 is 2.12 bits per heavy atom. The van der Waals surface area contributed by atoms with Gasteiger partial charge in [-0.3, -0.25) is 9.78 Å². The molecule has 0 bridgehead atoms. The molecule has 0 spiro atoms. The lowest BCUT2D eigenvalue weighted by Crippen LogP contribution is -2.61. The highest BCUT2D eigenvalue weighted by Gasteiger charge is 2.42. The van der Waals surface area contributed by atoms with Crippen LogP contribution in [0.5, 0.6) is 0 Å². The molecule has 126 valence electrons. The highest BCUT2D eigenvalue weighted by molar-refractivity contribution is 5.77. The van der Waals surface area contributed by atoms with E-state index in [9.17, 15) is 9.90 Å². The zero-order valence-electron chi connectivity index (χ0n) is 13.6. The van der Waals surface area contributed by atoms with Crippen LogP contribution in [0.2, 0.25) is 0 Å². The van der Waals surface area contributed by atoms with E-state index >= 15 is 0 Å².